The van der Waals surface area contributed by atoms with Gasteiger partial charge in [0.1, 0.15) is 23.0 Å². The van der Waals surface area contributed by atoms with Crippen molar-refractivity contribution in [3.8, 4) is 18.4 Å². The van der Waals surface area contributed by atoms with Gasteiger partial charge in [-0.05, 0) is 67.9 Å². The van der Waals surface area contributed by atoms with E-state index in [1.54, 1.807) is 0 Å². The van der Waals surface area contributed by atoms with Crippen LogP contribution in [-0.4, -0.2) is 82.6 Å². The number of anilines is 1. The van der Waals surface area contributed by atoms with Crippen LogP contribution in [-0.2, 0) is 0 Å². The minimum absolute atomic E-state index is 0.0253. The average Bonchev–Trinajstić information content (AvgIpc) is 3.74. The van der Waals surface area contributed by atoms with Crippen molar-refractivity contribution < 1.29 is 28.1 Å². The summed E-state index contributed by atoms with van der Waals surface area (Å²) in [4.78, 5) is 13.8. The molecule has 3 saturated heterocycles. The standard InChI is InChI=1S/C36H38F3N5O3/c1-2-25-28(37)6-3-20-13-24(46)14-26(30(20)25)31-29(38)15-27-33(32(31)39)41-35(42-34(27)44-16-21-4-5-22(17-44)40-21)47-19-36(9-10-36)18-43-11-7-23(45)8-12-43/h1,3,6,13,15,21-23,26,40,45-46H,4-5,7-12,14,16-19H2. The number of hydrogen-bond donors (Lipinski definition) is 3. The van der Waals surface area contributed by atoms with Gasteiger partial charge in [-0.2, -0.15) is 9.97 Å². The van der Waals surface area contributed by atoms with Crippen molar-refractivity contribution in [1.82, 2.24) is 20.2 Å². The number of allylic oxidation sites excluding steroid dienone is 1. The van der Waals surface area contributed by atoms with E-state index in [4.69, 9.17) is 16.1 Å². The predicted molar refractivity (Wildman–Crippen MR) is 172 cm³/mol. The molecule has 4 heterocycles. The molecule has 4 fully saturated rings. The molecule has 11 heteroatoms. The van der Waals surface area contributed by atoms with Gasteiger partial charge >= 0.3 is 6.01 Å². The summed E-state index contributed by atoms with van der Waals surface area (Å²) >= 11 is 0. The molecule has 1 aromatic heterocycles. The van der Waals surface area contributed by atoms with Gasteiger partial charge in [0.05, 0.1) is 24.0 Å². The number of ether oxygens (including phenoxy) is 1. The Kier molecular flexibility index (Phi) is 7.58. The first-order valence-electron chi connectivity index (χ1n) is 16.6. The van der Waals surface area contributed by atoms with Gasteiger partial charge in [0.2, 0.25) is 0 Å². The van der Waals surface area contributed by atoms with E-state index in [0.29, 0.717) is 31.1 Å². The molecule has 8 rings (SSSR count). The summed E-state index contributed by atoms with van der Waals surface area (Å²) in [6.45, 7) is 4.15. The highest BCUT2D eigenvalue weighted by atomic mass is 19.1. The highest BCUT2D eigenvalue weighted by molar-refractivity contribution is 5.91. The molecule has 1 saturated carbocycles. The lowest BCUT2D eigenvalue weighted by Crippen LogP contribution is -2.51. The Morgan fingerprint density at radius 2 is 1.77 bits per heavy atom. The van der Waals surface area contributed by atoms with Gasteiger partial charge in [0, 0.05) is 73.5 Å². The zero-order chi connectivity index (χ0) is 32.4. The smallest absolute Gasteiger partial charge is 0.319 e. The van der Waals surface area contributed by atoms with Crippen LogP contribution >= 0.6 is 0 Å². The first-order chi connectivity index (χ1) is 22.7. The summed E-state index contributed by atoms with van der Waals surface area (Å²) in [7, 11) is 0. The second-order valence-electron chi connectivity index (χ2n) is 14.1. The number of aromatic nitrogens is 2. The molecule has 0 radical (unpaired) electrons. The van der Waals surface area contributed by atoms with Gasteiger partial charge in [0.15, 0.2) is 5.82 Å². The molecule has 5 aliphatic rings. The number of aliphatic hydroxyl groups is 2. The maximum atomic E-state index is 16.9. The SMILES string of the molecule is C#Cc1c(F)ccc2c1C(c1c(F)cc3c(N4CC5CCC(C4)N5)nc(OCC4(CN5CCC(O)CC5)CC4)nc3c1F)CC(O)=C2. The number of fused-ring (bicyclic) bond motifs is 4. The molecular weight excluding hydrogens is 607 g/mol. The number of piperazine rings is 1. The predicted octanol–water partition coefficient (Wildman–Crippen LogP) is 5.02. The Morgan fingerprint density at radius 3 is 2.47 bits per heavy atom. The highest BCUT2D eigenvalue weighted by Crippen LogP contribution is 2.48. The molecular formula is C36H38F3N5O3. The van der Waals surface area contributed by atoms with Crippen LogP contribution in [0.2, 0.25) is 0 Å². The minimum atomic E-state index is -1.07. The molecule has 3 aromatic rings. The van der Waals surface area contributed by atoms with E-state index >= 15 is 8.78 Å². The van der Waals surface area contributed by atoms with Gasteiger partial charge in [0.25, 0.3) is 0 Å². The van der Waals surface area contributed by atoms with E-state index in [9.17, 15) is 14.6 Å². The van der Waals surface area contributed by atoms with E-state index in [0.717, 1.165) is 58.2 Å². The molecule has 3 unspecified atom stereocenters. The zero-order valence-electron chi connectivity index (χ0n) is 26.1. The van der Waals surface area contributed by atoms with Gasteiger partial charge in [-0.3, -0.25) is 0 Å². The van der Waals surface area contributed by atoms with Crippen LogP contribution in [0.5, 0.6) is 6.01 Å². The van der Waals surface area contributed by atoms with Gasteiger partial charge in [-0.1, -0.05) is 12.0 Å². The largest absolute Gasteiger partial charge is 0.512 e. The van der Waals surface area contributed by atoms with E-state index in [2.05, 4.69) is 26.0 Å². The molecule has 3 atom stereocenters. The zero-order valence-corrected chi connectivity index (χ0v) is 26.1. The molecule has 2 aliphatic carbocycles. The van der Waals surface area contributed by atoms with Gasteiger partial charge in [-0.15, -0.1) is 6.42 Å². The lowest BCUT2D eigenvalue weighted by atomic mass is 9.78. The Morgan fingerprint density at radius 1 is 1.02 bits per heavy atom. The van der Waals surface area contributed by atoms with Crippen LogP contribution in [0, 0.1) is 35.2 Å². The summed E-state index contributed by atoms with van der Waals surface area (Å²) in [6, 6.07) is 4.43. The third-order valence-corrected chi connectivity index (χ3v) is 10.8. The van der Waals surface area contributed by atoms with E-state index in [1.165, 1.54) is 24.3 Å². The van der Waals surface area contributed by atoms with E-state index in [1.807, 2.05) is 0 Å². The van der Waals surface area contributed by atoms with Crippen molar-refractivity contribution in [2.45, 2.75) is 69.1 Å². The van der Waals surface area contributed by atoms with Crippen molar-refractivity contribution >= 4 is 22.8 Å². The molecule has 246 valence electrons. The third-order valence-electron chi connectivity index (χ3n) is 10.8. The van der Waals surface area contributed by atoms with E-state index < -0.39 is 23.4 Å². The monoisotopic (exact) mass is 645 g/mol. The maximum Gasteiger partial charge on any atom is 0.319 e. The number of rotatable bonds is 7. The van der Waals surface area contributed by atoms with Crippen LogP contribution in [0.25, 0.3) is 17.0 Å². The molecule has 3 N–H and O–H groups in total. The van der Waals surface area contributed by atoms with Crippen molar-refractivity contribution in [2.75, 3.05) is 44.2 Å². The van der Waals surface area contributed by atoms with Crippen molar-refractivity contribution in [2.24, 2.45) is 5.41 Å². The number of likely N-dealkylation sites (tertiary alicyclic amines) is 1. The summed E-state index contributed by atoms with van der Waals surface area (Å²) in [6.07, 6.45) is 12.3. The molecule has 0 spiro atoms. The summed E-state index contributed by atoms with van der Waals surface area (Å²) in [5, 5.41) is 24.4. The number of terminal acetylenes is 1. The Bertz CT molecular complexity index is 1800. The Balaban J connectivity index is 1.19. The van der Waals surface area contributed by atoms with Crippen molar-refractivity contribution in [3.05, 3.63) is 63.7 Å². The fourth-order valence-corrected chi connectivity index (χ4v) is 8.12. The topological polar surface area (TPSA) is 94.0 Å². The van der Waals surface area contributed by atoms with Gasteiger partial charge in [-0.25, -0.2) is 13.2 Å². The number of nitrogens with zero attached hydrogens (tertiary/aromatic N) is 4. The second kappa shape index (κ2) is 11.7. The molecule has 2 aromatic carbocycles. The normalized spacial score (nSPS) is 25.4. The number of hydrogen-bond acceptors (Lipinski definition) is 8. The van der Waals surface area contributed by atoms with Crippen LogP contribution < -0.4 is 15.0 Å². The fraction of sp³-hybridized carbons (Fsp3) is 0.500. The number of aliphatic hydroxyl groups excluding tert-OH is 2. The third kappa shape index (κ3) is 5.60. The van der Waals surface area contributed by atoms with Gasteiger partial charge < -0.3 is 30.1 Å². The van der Waals surface area contributed by atoms with Crippen LogP contribution in [0.15, 0.2) is 24.0 Å². The lowest BCUT2D eigenvalue weighted by molar-refractivity contribution is 0.0643. The molecule has 3 aliphatic heterocycles. The summed E-state index contributed by atoms with van der Waals surface area (Å²) in [5.74, 6) is -0.799. The fourth-order valence-electron chi connectivity index (χ4n) is 8.12. The molecule has 8 nitrogen and oxygen atoms in total. The van der Waals surface area contributed by atoms with Crippen molar-refractivity contribution in [1.29, 1.82) is 0 Å². The molecule has 0 amide bonds. The van der Waals surface area contributed by atoms with Crippen LogP contribution in [0.3, 0.4) is 0 Å². The lowest BCUT2D eigenvalue weighted by Gasteiger charge is -2.34. The first-order valence-corrected chi connectivity index (χ1v) is 16.6. The average molecular weight is 646 g/mol. The van der Waals surface area contributed by atoms with Crippen LogP contribution in [0.4, 0.5) is 19.0 Å². The van der Waals surface area contributed by atoms with E-state index in [-0.39, 0.29) is 69.4 Å². The Hall–Kier alpha value is -3.85. The summed E-state index contributed by atoms with van der Waals surface area (Å²) in [5.41, 5.74) is 0.101. The quantitative estimate of drug-likeness (QED) is 0.309. The number of benzene rings is 2. The van der Waals surface area contributed by atoms with Crippen molar-refractivity contribution in [3.63, 3.8) is 0 Å². The van der Waals surface area contributed by atoms with Crippen LogP contribution in [0.1, 0.15) is 73.1 Å². The molecule has 2 bridgehead atoms. The number of halogens is 3. The second-order valence-corrected chi connectivity index (χ2v) is 14.1. The number of piperidine rings is 1. The molecule has 47 heavy (non-hydrogen) atoms. The maximum absolute atomic E-state index is 16.9. The minimum Gasteiger partial charge on any atom is -0.512 e. The highest BCUT2D eigenvalue weighted by Gasteiger charge is 2.45. The summed E-state index contributed by atoms with van der Waals surface area (Å²) < 4.78 is 54.3. The number of nitrogens with one attached hydrogen (secondary N) is 1. The first kappa shape index (κ1) is 30.5. The Labute approximate surface area is 271 Å².